The van der Waals surface area contributed by atoms with Crippen molar-refractivity contribution in [3.05, 3.63) is 24.3 Å². The predicted molar refractivity (Wildman–Crippen MR) is 105 cm³/mol. The third kappa shape index (κ3) is 5.67. The summed E-state index contributed by atoms with van der Waals surface area (Å²) in [5, 5.41) is 2.99. The van der Waals surface area contributed by atoms with Crippen molar-refractivity contribution in [2.75, 3.05) is 46.4 Å². The number of sulfonamides is 1. The summed E-state index contributed by atoms with van der Waals surface area (Å²) < 4.78 is 32.1. The van der Waals surface area contributed by atoms with Gasteiger partial charge < -0.3 is 10.1 Å². The third-order valence-electron chi connectivity index (χ3n) is 5.11. The number of ether oxygens (including phenoxy) is 1. The quantitative estimate of drug-likeness (QED) is 0.684. The number of nitrogens with zero attached hydrogens (tertiary/aromatic N) is 2. The van der Waals surface area contributed by atoms with Crippen LogP contribution < -0.4 is 10.1 Å². The minimum absolute atomic E-state index is 0.0801. The molecule has 0 spiro atoms. The second-order valence-corrected chi connectivity index (χ2v) is 8.66. The first kappa shape index (κ1) is 21.7. The van der Waals surface area contributed by atoms with Gasteiger partial charge in [-0.2, -0.15) is 4.31 Å². The minimum Gasteiger partial charge on any atom is -0.497 e. The molecule has 1 fully saturated rings. The molecular weight excluding hydrogens is 366 g/mol. The van der Waals surface area contributed by atoms with Crippen molar-refractivity contribution in [1.29, 1.82) is 0 Å². The second-order valence-electron chi connectivity index (χ2n) is 6.73. The molecule has 0 saturated carbocycles. The van der Waals surface area contributed by atoms with Crippen LogP contribution in [0.4, 0.5) is 0 Å². The minimum atomic E-state index is -3.48. The number of piperazine rings is 1. The topological polar surface area (TPSA) is 79.0 Å². The predicted octanol–water partition coefficient (Wildman–Crippen LogP) is 1.55. The molecule has 0 aromatic heterocycles. The first-order valence-electron chi connectivity index (χ1n) is 9.56. The largest absolute Gasteiger partial charge is 0.497 e. The van der Waals surface area contributed by atoms with E-state index < -0.39 is 10.0 Å². The Morgan fingerprint density at radius 1 is 1.11 bits per heavy atom. The molecule has 0 unspecified atom stereocenters. The highest BCUT2D eigenvalue weighted by atomic mass is 32.2. The first-order valence-corrected chi connectivity index (χ1v) is 11.0. The van der Waals surface area contributed by atoms with Gasteiger partial charge in [0.1, 0.15) is 5.75 Å². The highest BCUT2D eigenvalue weighted by molar-refractivity contribution is 7.89. The Kier molecular flexibility index (Phi) is 8.07. The summed E-state index contributed by atoms with van der Waals surface area (Å²) in [6.07, 6.45) is 1.70. The van der Waals surface area contributed by atoms with Crippen molar-refractivity contribution in [3.63, 3.8) is 0 Å². The van der Waals surface area contributed by atoms with Crippen LogP contribution in [0.15, 0.2) is 29.2 Å². The van der Waals surface area contributed by atoms with Gasteiger partial charge in [0.25, 0.3) is 0 Å². The Balaban J connectivity index is 1.81. The van der Waals surface area contributed by atoms with Crippen LogP contribution in [-0.2, 0) is 14.8 Å². The van der Waals surface area contributed by atoms with E-state index in [-0.39, 0.29) is 16.7 Å². The number of hydrogen-bond acceptors (Lipinski definition) is 5. The zero-order valence-electron chi connectivity index (χ0n) is 16.5. The summed E-state index contributed by atoms with van der Waals surface area (Å²) in [6.45, 7) is 7.62. The van der Waals surface area contributed by atoms with Crippen LogP contribution in [0.2, 0.25) is 0 Å². The van der Waals surface area contributed by atoms with Crippen molar-refractivity contribution < 1.29 is 17.9 Å². The summed E-state index contributed by atoms with van der Waals surface area (Å²) in [6, 6.07) is 6.47. The molecule has 0 radical (unpaired) electrons. The summed E-state index contributed by atoms with van der Waals surface area (Å²) in [7, 11) is -1.93. The van der Waals surface area contributed by atoms with E-state index in [9.17, 15) is 13.2 Å². The van der Waals surface area contributed by atoms with Crippen LogP contribution >= 0.6 is 0 Å². The van der Waals surface area contributed by atoms with Crippen molar-refractivity contribution in [1.82, 2.24) is 14.5 Å². The second kappa shape index (κ2) is 10.1. The fourth-order valence-electron chi connectivity index (χ4n) is 3.23. The SMILES string of the molecule is CCC(CC)C(=O)NCCN1CCN(S(=O)(=O)c2ccc(OC)cc2)CC1. The third-order valence-corrected chi connectivity index (χ3v) is 7.02. The molecule has 1 N–H and O–H groups in total. The normalized spacial score (nSPS) is 16.4. The van der Waals surface area contributed by atoms with Crippen molar-refractivity contribution >= 4 is 15.9 Å². The Morgan fingerprint density at radius 2 is 1.70 bits per heavy atom. The van der Waals surface area contributed by atoms with Gasteiger partial charge in [0.15, 0.2) is 0 Å². The van der Waals surface area contributed by atoms with Crippen molar-refractivity contribution in [2.24, 2.45) is 5.92 Å². The average molecular weight is 398 g/mol. The van der Waals surface area contributed by atoms with E-state index in [4.69, 9.17) is 4.74 Å². The number of nitrogens with one attached hydrogen (secondary N) is 1. The Labute approximate surface area is 162 Å². The molecule has 1 aromatic rings. The van der Waals surface area contributed by atoms with Crippen LogP contribution in [0.25, 0.3) is 0 Å². The fourth-order valence-corrected chi connectivity index (χ4v) is 4.65. The molecular formula is C19H31N3O4S. The molecule has 152 valence electrons. The van der Waals surface area contributed by atoms with E-state index in [2.05, 4.69) is 10.2 Å². The average Bonchev–Trinajstić information content (AvgIpc) is 2.69. The molecule has 0 aliphatic carbocycles. The van der Waals surface area contributed by atoms with E-state index in [1.807, 2.05) is 13.8 Å². The van der Waals surface area contributed by atoms with E-state index >= 15 is 0 Å². The lowest BCUT2D eigenvalue weighted by Gasteiger charge is -2.34. The molecule has 0 bridgehead atoms. The van der Waals surface area contributed by atoms with E-state index in [0.29, 0.717) is 38.5 Å². The van der Waals surface area contributed by atoms with Gasteiger partial charge in [0, 0.05) is 45.2 Å². The molecule has 1 aromatic carbocycles. The number of benzene rings is 1. The summed E-state index contributed by atoms with van der Waals surface area (Å²) in [5.74, 6) is 0.825. The lowest BCUT2D eigenvalue weighted by molar-refractivity contribution is -0.125. The first-order chi connectivity index (χ1) is 12.9. The fraction of sp³-hybridized carbons (Fsp3) is 0.632. The zero-order valence-corrected chi connectivity index (χ0v) is 17.3. The maximum atomic E-state index is 12.7. The van der Waals surface area contributed by atoms with E-state index in [1.54, 1.807) is 31.4 Å². The van der Waals surface area contributed by atoms with Gasteiger partial charge in [-0.3, -0.25) is 9.69 Å². The van der Waals surface area contributed by atoms with Gasteiger partial charge in [-0.05, 0) is 37.1 Å². The smallest absolute Gasteiger partial charge is 0.243 e. The van der Waals surface area contributed by atoms with Gasteiger partial charge in [-0.1, -0.05) is 13.8 Å². The lowest BCUT2D eigenvalue weighted by Crippen LogP contribution is -2.50. The van der Waals surface area contributed by atoms with Gasteiger partial charge in [0.05, 0.1) is 12.0 Å². The van der Waals surface area contributed by atoms with Crippen LogP contribution in [0.1, 0.15) is 26.7 Å². The molecule has 8 heteroatoms. The number of methoxy groups -OCH3 is 1. The summed E-state index contributed by atoms with van der Waals surface area (Å²) in [4.78, 5) is 14.5. The summed E-state index contributed by atoms with van der Waals surface area (Å²) in [5.41, 5.74) is 0. The van der Waals surface area contributed by atoms with Crippen molar-refractivity contribution in [2.45, 2.75) is 31.6 Å². The molecule has 1 saturated heterocycles. The molecule has 0 atom stereocenters. The standard InChI is InChI=1S/C19H31N3O4S/c1-4-16(5-2)19(23)20-10-11-21-12-14-22(15-13-21)27(24,25)18-8-6-17(26-3)7-9-18/h6-9,16H,4-5,10-15H2,1-3H3,(H,20,23). The maximum absolute atomic E-state index is 12.7. The Bertz CT molecular complexity index is 694. The summed E-state index contributed by atoms with van der Waals surface area (Å²) >= 11 is 0. The molecule has 1 aliphatic heterocycles. The zero-order chi connectivity index (χ0) is 19.9. The van der Waals surface area contributed by atoms with Crippen LogP contribution in [0, 0.1) is 5.92 Å². The monoisotopic (exact) mass is 397 g/mol. The van der Waals surface area contributed by atoms with Crippen LogP contribution in [0.5, 0.6) is 5.75 Å². The molecule has 27 heavy (non-hydrogen) atoms. The highest BCUT2D eigenvalue weighted by Gasteiger charge is 2.28. The highest BCUT2D eigenvalue weighted by Crippen LogP contribution is 2.20. The number of hydrogen-bond donors (Lipinski definition) is 1. The molecule has 1 aliphatic rings. The van der Waals surface area contributed by atoms with E-state index in [1.165, 1.54) is 4.31 Å². The molecule has 2 rings (SSSR count). The maximum Gasteiger partial charge on any atom is 0.243 e. The Morgan fingerprint density at radius 3 is 2.22 bits per heavy atom. The van der Waals surface area contributed by atoms with Gasteiger partial charge in [-0.25, -0.2) is 8.42 Å². The Hall–Kier alpha value is -1.64. The molecule has 1 amide bonds. The number of rotatable bonds is 9. The van der Waals surface area contributed by atoms with Crippen LogP contribution in [0.3, 0.4) is 0 Å². The van der Waals surface area contributed by atoms with Gasteiger partial charge in [-0.15, -0.1) is 0 Å². The van der Waals surface area contributed by atoms with Gasteiger partial charge in [0.2, 0.25) is 15.9 Å². The van der Waals surface area contributed by atoms with E-state index in [0.717, 1.165) is 19.4 Å². The molecule has 7 nitrogen and oxygen atoms in total. The van der Waals surface area contributed by atoms with Gasteiger partial charge >= 0.3 is 0 Å². The number of amides is 1. The number of carbonyl (C=O) groups excluding carboxylic acids is 1. The molecule has 1 heterocycles. The lowest BCUT2D eigenvalue weighted by atomic mass is 10.0. The van der Waals surface area contributed by atoms with Crippen LogP contribution in [-0.4, -0.2) is 69.9 Å². The number of carbonyl (C=O) groups is 1. The van der Waals surface area contributed by atoms with Crippen molar-refractivity contribution in [3.8, 4) is 5.75 Å².